The van der Waals surface area contributed by atoms with Gasteiger partial charge in [-0.3, -0.25) is 0 Å². The highest BCUT2D eigenvalue weighted by Gasteiger charge is 2.00. The van der Waals surface area contributed by atoms with Gasteiger partial charge in [0, 0.05) is 4.88 Å². The lowest BCUT2D eigenvalue weighted by atomic mass is 10.3. The van der Waals surface area contributed by atoms with Crippen molar-refractivity contribution in [2.45, 2.75) is 20.0 Å². The van der Waals surface area contributed by atoms with E-state index in [1.165, 1.54) is 5.56 Å². The molecular weight excluding hydrogens is 132 g/mol. The second-order valence-electron chi connectivity index (χ2n) is 2.20. The summed E-state index contributed by atoms with van der Waals surface area (Å²) in [6, 6.07) is 2.01. The molecule has 0 saturated heterocycles. The van der Waals surface area contributed by atoms with E-state index in [1.54, 1.807) is 18.3 Å². The number of aliphatic hydroxyl groups excluding tert-OH is 1. The van der Waals surface area contributed by atoms with Gasteiger partial charge in [0.15, 0.2) is 0 Å². The molecule has 0 aliphatic carbocycles. The average Bonchev–Trinajstić information content (AvgIpc) is 2.14. The van der Waals surface area contributed by atoms with E-state index < -0.39 is 0 Å². The summed E-state index contributed by atoms with van der Waals surface area (Å²) >= 11 is 1.61. The topological polar surface area (TPSA) is 20.2 Å². The van der Waals surface area contributed by atoms with Crippen LogP contribution in [0, 0.1) is 6.92 Å². The number of aliphatic hydroxyl groups is 1. The summed E-state index contributed by atoms with van der Waals surface area (Å²) in [6.07, 6.45) is -0.302. The zero-order valence-electron chi connectivity index (χ0n) is 5.59. The normalized spacial score (nSPS) is 13.7. The molecule has 1 nitrogen and oxygen atoms in total. The maximum atomic E-state index is 9.05. The van der Waals surface area contributed by atoms with E-state index in [0.29, 0.717) is 0 Å². The van der Waals surface area contributed by atoms with Gasteiger partial charge < -0.3 is 5.11 Å². The minimum atomic E-state index is -0.302. The van der Waals surface area contributed by atoms with Crippen LogP contribution in [-0.4, -0.2) is 5.11 Å². The Kier molecular flexibility index (Phi) is 1.88. The maximum absolute atomic E-state index is 9.05. The van der Waals surface area contributed by atoms with Crippen LogP contribution in [0.15, 0.2) is 11.4 Å². The largest absolute Gasteiger partial charge is 0.388 e. The molecule has 0 radical (unpaired) electrons. The van der Waals surface area contributed by atoms with Crippen molar-refractivity contribution in [1.29, 1.82) is 0 Å². The van der Waals surface area contributed by atoms with Gasteiger partial charge in [-0.1, -0.05) is 0 Å². The van der Waals surface area contributed by atoms with Crippen LogP contribution in [0.5, 0.6) is 0 Å². The molecule has 50 valence electrons. The maximum Gasteiger partial charge on any atom is 0.0854 e. The molecule has 1 atom stereocenters. The highest BCUT2D eigenvalue weighted by Crippen LogP contribution is 2.20. The third kappa shape index (κ3) is 1.53. The van der Waals surface area contributed by atoms with Crippen molar-refractivity contribution < 1.29 is 5.11 Å². The first kappa shape index (κ1) is 6.78. The fraction of sp³-hybridized carbons (Fsp3) is 0.429. The van der Waals surface area contributed by atoms with Crippen LogP contribution < -0.4 is 0 Å². The second-order valence-corrected chi connectivity index (χ2v) is 3.15. The Morgan fingerprint density at radius 2 is 2.33 bits per heavy atom. The third-order valence-electron chi connectivity index (χ3n) is 1.16. The van der Waals surface area contributed by atoms with Crippen LogP contribution in [0.25, 0.3) is 0 Å². The molecule has 0 aliphatic rings. The van der Waals surface area contributed by atoms with Crippen LogP contribution in [0.2, 0.25) is 0 Å². The summed E-state index contributed by atoms with van der Waals surface area (Å²) < 4.78 is 0. The Labute approximate surface area is 59.0 Å². The molecule has 1 rings (SSSR count). The summed E-state index contributed by atoms with van der Waals surface area (Å²) in [5.41, 5.74) is 1.23. The lowest BCUT2D eigenvalue weighted by molar-refractivity contribution is 0.203. The van der Waals surface area contributed by atoms with E-state index in [4.69, 9.17) is 5.11 Å². The van der Waals surface area contributed by atoms with E-state index >= 15 is 0 Å². The number of aryl methyl sites for hydroxylation is 1. The summed E-state index contributed by atoms with van der Waals surface area (Å²) in [6.45, 7) is 3.81. The van der Waals surface area contributed by atoms with Gasteiger partial charge in [0.25, 0.3) is 0 Å². The van der Waals surface area contributed by atoms with Crippen LogP contribution in [0.3, 0.4) is 0 Å². The average molecular weight is 142 g/mol. The fourth-order valence-electron chi connectivity index (χ4n) is 0.672. The Hall–Kier alpha value is -0.340. The predicted molar refractivity (Wildman–Crippen MR) is 39.7 cm³/mol. The first-order valence-electron chi connectivity index (χ1n) is 2.93. The van der Waals surface area contributed by atoms with Gasteiger partial charge in [-0.05, 0) is 30.9 Å². The highest BCUT2D eigenvalue weighted by molar-refractivity contribution is 7.10. The molecule has 1 unspecified atom stereocenters. The molecule has 2 heteroatoms. The van der Waals surface area contributed by atoms with E-state index in [2.05, 4.69) is 0 Å². The number of hydrogen-bond donors (Lipinski definition) is 1. The second kappa shape index (κ2) is 2.50. The molecule has 9 heavy (non-hydrogen) atoms. The molecule has 0 fully saturated rings. The third-order valence-corrected chi connectivity index (χ3v) is 2.38. The first-order valence-corrected chi connectivity index (χ1v) is 3.81. The highest BCUT2D eigenvalue weighted by atomic mass is 32.1. The lowest BCUT2D eigenvalue weighted by Crippen LogP contribution is -1.83. The van der Waals surface area contributed by atoms with E-state index in [-0.39, 0.29) is 6.10 Å². The van der Waals surface area contributed by atoms with Crippen molar-refractivity contribution in [2.75, 3.05) is 0 Å². The van der Waals surface area contributed by atoms with Crippen LogP contribution >= 0.6 is 11.3 Å². The predicted octanol–water partition coefficient (Wildman–Crippen LogP) is 2.11. The molecule has 0 bridgehead atoms. The molecule has 0 spiro atoms. The van der Waals surface area contributed by atoms with Gasteiger partial charge in [-0.2, -0.15) is 0 Å². The zero-order chi connectivity index (χ0) is 6.85. The van der Waals surface area contributed by atoms with Crippen molar-refractivity contribution in [3.05, 3.63) is 21.9 Å². The van der Waals surface area contributed by atoms with Crippen molar-refractivity contribution in [1.82, 2.24) is 0 Å². The molecule has 0 amide bonds. The molecular formula is C7H10OS. The Morgan fingerprint density at radius 3 is 2.56 bits per heavy atom. The quantitative estimate of drug-likeness (QED) is 0.636. The SMILES string of the molecule is Cc1csc(C(C)O)c1. The number of thiophene rings is 1. The van der Waals surface area contributed by atoms with Crippen LogP contribution in [0.1, 0.15) is 23.5 Å². The minimum Gasteiger partial charge on any atom is -0.388 e. The molecule has 0 aliphatic heterocycles. The van der Waals surface area contributed by atoms with Crippen molar-refractivity contribution in [3.63, 3.8) is 0 Å². The monoisotopic (exact) mass is 142 g/mol. The van der Waals surface area contributed by atoms with Crippen LogP contribution in [0.4, 0.5) is 0 Å². The number of rotatable bonds is 1. The van der Waals surface area contributed by atoms with Gasteiger partial charge in [0.05, 0.1) is 6.10 Å². The van der Waals surface area contributed by atoms with Crippen molar-refractivity contribution >= 4 is 11.3 Å². The standard InChI is InChI=1S/C7H10OS/c1-5-3-7(6(2)8)9-4-5/h3-4,6,8H,1-2H3. The molecule has 1 N–H and O–H groups in total. The molecule has 1 aromatic heterocycles. The summed E-state index contributed by atoms with van der Waals surface area (Å²) in [5, 5.41) is 11.1. The fourth-order valence-corrected chi connectivity index (χ4v) is 1.51. The smallest absolute Gasteiger partial charge is 0.0854 e. The van der Waals surface area contributed by atoms with Gasteiger partial charge in [0.2, 0.25) is 0 Å². The van der Waals surface area contributed by atoms with Crippen LogP contribution in [-0.2, 0) is 0 Å². The van der Waals surface area contributed by atoms with E-state index in [9.17, 15) is 0 Å². The van der Waals surface area contributed by atoms with Gasteiger partial charge in [-0.25, -0.2) is 0 Å². The van der Waals surface area contributed by atoms with Gasteiger partial charge >= 0.3 is 0 Å². The van der Waals surface area contributed by atoms with E-state index in [0.717, 1.165) is 4.88 Å². The molecule has 1 aromatic rings. The van der Waals surface area contributed by atoms with Gasteiger partial charge in [-0.15, -0.1) is 11.3 Å². The van der Waals surface area contributed by atoms with E-state index in [1.807, 2.05) is 18.4 Å². The molecule has 0 aromatic carbocycles. The zero-order valence-corrected chi connectivity index (χ0v) is 6.40. The first-order chi connectivity index (χ1) is 4.20. The lowest BCUT2D eigenvalue weighted by Gasteiger charge is -1.95. The summed E-state index contributed by atoms with van der Waals surface area (Å²) in [5.74, 6) is 0. The molecule has 1 heterocycles. The Bertz CT molecular complexity index is 191. The Balaban J connectivity index is 2.85. The molecule has 0 saturated carbocycles. The van der Waals surface area contributed by atoms with Crippen molar-refractivity contribution in [3.8, 4) is 0 Å². The van der Waals surface area contributed by atoms with Gasteiger partial charge in [0.1, 0.15) is 0 Å². The summed E-state index contributed by atoms with van der Waals surface area (Å²) in [4.78, 5) is 1.05. The Morgan fingerprint density at radius 1 is 1.67 bits per heavy atom. The minimum absolute atomic E-state index is 0.302. The summed E-state index contributed by atoms with van der Waals surface area (Å²) in [7, 11) is 0. The van der Waals surface area contributed by atoms with Crippen molar-refractivity contribution in [2.24, 2.45) is 0 Å². The number of hydrogen-bond acceptors (Lipinski definition) is 2.